The number of carbonyl (C=O) groups is 1. The standard InChI is InChI=1S/C23H25ClFN5O3/c1-33-23(31)20-19(13-30-10-7-15(29-32)8-11-30)27-22(18-4-2-3-9-26-18)28-21(20)16-6-5-14(25)12-17(16)24/h2-6,9,12,21-22,27-28,32H,7-8,10-11,13H2,1H3. The maximum absolute atomic E-state index is 13.8. The van der Waals surface area contributed by atoms with E-state index in [2.05, 4.69) is 25.7 Å². The van der Waals surface area contributed by atoms with Crippen LogP contribution >= 0.6 is 11.6 Å². The van der Waals surface area contributed by atoms with E-state index in [-0.39, 0.29) is 5.02 Å². The Labute approximate surface area is 196 Å². The largest absolute Gasteiger partial charge is 0.466 e. The number of esters is 1. The van der Waals surface area contributed by atoms with Crippen LogP contribution in [0, 0.1) is 5.82 Å². The van der Waals surface area contributed by atoms with Gasteiger partial charge in [0.25, 0.3) is 0 Å². The molecule has 174 valence electrons. The second kappa shape index (κ2) is 10.3. The predicted molar refractivity (Wildman–Crippen MR) is 121 cm³/mol. The van der Waals surface area contributed by atoms with Gasteiger partial charge < -0.3 is 15.3 Å². The molecule has 2 unspecified atom stereocenters. The summed E-state index contributed by atoms with van der Waals surface area (Å²) in [5, 5.41) is 19.4. The maximum atomic E-state index is 13.8. The fraction of sp³-hybridized carbons (Fsp3) is 0.348. The highest BCUT2D eigenvalue weighted by molar-refractivity contribution is 6.31. The van der Waals surface area contributed by atoms with Crippen LogP contribution in [0.3, 0.4) is 0 Å². The molecule has 2 atom stereocenters. The number of halogens is 2. The first-order valence-corrected chi connectivity index (χ1v) is 11.0. The summed E-state index contributed by atoms with van der Waals surface area (Å²) in [7, 11) is 1.33. The molecule has 0 bridgehead atoms. The molecule has 1 fully saturated rings. The van der Waals surface area contributed by atoms with E-state index in [0.29, 0.717) is 49.3 Å². The van der Waals surface area contributed by atoms with Gasteiger partial charge in [-0.05, 0) is 29.8 Å². The quantitative estimate of drug-likeness (QED) is 0.348. The number of rotatable bonds is 5. The number of ether oxygens (including phenoxy) is 1. The fourth-order valence-corrected chi connectivity index (χ4v) is 4.46. The molecule has 1 saturated heterocycles. The van der Waals surface area contributed by atoms with Crippen LogP contribution in [0.25, 0.3) is 0 Å². The van der Waals surface area contributed by atoms with Crippen molar-refractivity contribution in [2.24, 2.45) is 5.16 Å². The van der Waals surface area contributed by atoms with E-state index in [1.54, 1.807) is 12.3 Å². The summed E-state index contributed by atoms with van der Waals surface area (Å²) in [6.07, 6.45) is 2.57. The van der Waals surface area contributed by atoms with Crippen molar-refractivity contribution in [3.8, 4) is 0 Å². The minimum Gasteiger partial charge on any atom is -0.466 e. The van der Waals surface area contributed by atoms with Crippen LogP contribution in [0.5, 0.6) is 0 Å². The lowest BCUT2D eigenvalue weighted by Crippen LogP contribution is -2.48. The third kappa shape index (κ3) is 5.16. The van der Waals surface area contributed by atoms with Crippen molar-refractivity contribution in [2.75, 3.05) is 26.7 Å². The molecule has 3 N–H and O–H groups in total. The molecular weight excluding hydrogens is 449 g/mol. The zero-order chi connectivity index (χ0) is 23.4. The van der Waals surface area contributed by atoms with Crippen molar-refractivity contribution in [3.63, 3.8) is 0 Å². The summed E-state index contributed by atoms with van der Waals surface area (Å²) in [6.45, 7) is 1.81. The summed E-state index contributed by atoms with van der Waals surface area (Å²) in [6, 6.07) is 9.05. The smallest absolute Gasteiger partial charge is 0.337 e. The van der Waals surface area contributed by atoms with Crippen LogP contribution in [0.4, 0.5) is 4.39 Å². The van der Waals surface area contributed by atoms with Gasteiger partial charge in [-0.15, -0.1) is 0 Å². The second-order valence-electron chi connectivity index (χ2n) is 7.92. The van der Waals surface area contributed by atoms with Crippen molar-refractivity contribution in [1.82, 2.24) is 20.5 Å². The van der Waals surface area contributed by atoms with Gasteiger partial charge in [0.1, 0.15) is 12.0 Å². The van der Waals surface area contributed by atoms with E-state index in [4.69, 9.17) is 21.5 Å². The number of nitrogens with zero attached hydrogens (tertiary/aromatic N) is 3. The molecule has 33 heavy (non-hydrogen) atoms. The summed E-state index contributed by atoms with van der Waals surface area (Å²) in [5.41, 5.74) is 3.10. The molecule has 2 aliphatic heterocycles. The monoisotopic (exact) mass is 473 g/mol. The number of nitrogens with one attached hydrogen (secondary N) is 2. The van der Waals surface area contributed by atoms with E-state index in [9.17, 15) is 9.18 Å². The molecule has 1 aromatic heterocycles. The van der Waals surface area contributed by atoms with Gasteiger partial charge >= 0.3 is 5.97 Å². The molecule has 4 rings (SSSR count). The van der Waals surface area contributed by atoms with Gasteiger partial charge in [0.2, 0.25) is 0 Å². The zero-order valence-electron chi connectivity index (χ0n) is 18.1. The maximum Gasteiger partial charge on any atom is 0.337 e. The van der Waals surface area contributed by atoms with Gasteiger partial charge in [0, 0.05) is 49.4 Å². The highest BCUT2D eigenvalue weighted by Crippen LogP contribution is 2.36. The topological polar surface area (TPSA) is 99.1 Å². The first-order valence-electron chi connectivity index (χ1n) is 10.6. The molecule has 1 aromatic carbocycles. The fourth-order valence-electron chi connectivity index (χ4n) is 4.18. The van der Waals surface area contributed by atoms with Crippen molar-refractivity contribution in [2.45, 2.75) is 25.0 Å². The van der Waals surface area contributed by atoms with Gasteiger partial charge in [-0.25, -0.2) is 9.18 Å². The Kier molecular flexibility index (Phi) is 7.22. The molecular formula is C23H25ClFN5O3. The van der Waals surface area contributed by atoms with E-state index >= 15 is 0 Å². The van der Waals surface area contributed by atoms with Crippen molar-refractivity contribution in [3.05, 3.63) is 76.0 Å². The average molecular weight is 474 g/mol. The number of benzene rings is 1. The van der Waals surface area contributed by atoms with Crippen molar-refractivity contribution >= 4 is 23.3 Å². The molecule has 0 aliphatic carbocycles. The van der Waals surface area contributed by atoms with Gasteiger partial charge in [-0.2, -0.15) is 0 Å². The van der Waals surface area contributed by atoms with Crippen LogP contribution in [-0.4, -0.2) is 53.5 Å². The summed E-state index contributed by atoms with van der Waals surface area (Å²) >= 11 is 6.40. The number of aromatic nitrogens is 1. The second-order valence-corrected chi connectivity index (χ2v) is 8.33. The Hall–Kier alpha value is -3.01. The van der Waals surface area contributed by atoms with Crippen LogP contribution in [0.1, 0.15) is 36.3 Å². The number of oxime groups is 1. The summed E-state index contributed by atoms with van der Waals surface area (Å²) in [4.78, 5) is 19.6. The zero-order valence-corrected chi connectivity index (χ0v) is 18.8. The number of hydrogen-bond donors (Lipinski definition) is 3. The Morgan fingerprint density at radius 1 is 1.33 bits per heavy atom. The molecule has 0 amide bonds. The molecule has 10 heteroatoms. The van der Waals surface area contributed by atoms with Gasteiger partial charge in [-0.1, -0.05) is 28.9 Å². The van der Waals surface area contributed by atoms with E-state index < -0.39 is 24.0 Å². The Bertz CT molecular complexity index is 1070. The first-order chi connectivity index (χ1) is 16.0. The van der Waals surface area contributed by atoms with Crippen molar-refractivity contribution < 1.29 is 19.1 Å². The number of carbonyl (C=O) groups excluding carboxylic acids is 1. The molecule has 2 aliphatic rings. The molecule has 0 spiro atoms. The lowest BCUT2D eigenvalue weighted by atomic mass is 9.93. The lowest BCUT2D eigenvalue weighted by molar-refractivity contribution is -0.136. The van der Waals surface area contributed by atoms with Crippen LogP contribution in [-0.2, 0) is 9.53 Å². The summed E-state index contributed by atoms with van der Waals surface area (Å²) < 4.78 is 18.9. The number of methoxy groups -OCH3 is 1. The van der Waals surface area contributed by atoms with E-state index in [1.165, 1.54) is 19.2 Å². The molecule has 3 heterocycles. The molecule has 8 nitrogen and oxygen atoms in total. The first kappa shape index (κ1) is 23.2. The van der Waals surface area contributed by atoms with Crippen LogP contribution in [0.2, 0.25) is 5.02 Å². The summed E-state index contributed by atoms with van der Waals surface area (Å²) in [5.74, 6) is -0.970. The number of piperidine rings is 1. The van der Waals surface area contributed by atoms with Gasteiger partial charge in [-0.3, -0.25) is 15.2 Å². The predicted octanol–water partition coefficient (Wildman–Crippen LogP) is 3.16. The minimum atomic E-state index is -0.645. The highest BCUT2D eigenvalue weighted by Gasteiger charge is 2.36. The molecule has 2 aromatic rings. The Morgan fingerprint density at radius 3 is 2.76 bits per heavy atom. The third-order valence-electron chi connectivity index (χ3n) is 5.88. The normalized spacial score (nSPS) is 21.5. The van der Waals surface area contributed by atoms with Crippen molar-refractivity contribution in [1.29, 1.82) is 0 Å². The third-order valence-corrected chi connectivity index (χ3v) is 6.21. The van der Waals surface area contributed by atoms with E-state index in [1.807, 2.05) is 18.2 Å². The average Bonchev–Trinajstić information content (AvgIpc) is 2.84. The van der Waals surface area contributed by atoms with Crippen LogP contribution < -0.4 is 10.6 Å². The van der Waals surface area contributed by atoms with Gasteiger partial charge in [0.15, 0.2) is 0 Å². The number of hydrogen-bond acceptors (Lipinski definition) is 8. The Balaban J connectivity index is 1.76. The molecule has 0 saturated carbocycles. The highest BCUT2D eigenvalue weighted by atomic mass is 35.5. The van der Waals surface area contributed by atoms with Crippen LogP contribution in [0.15, 0.2) is 59.0 Å². The number of likely N-dealkylation sites (tertiary alicyclic amines) is 1. The molecule has 0 radical (unpaired) electrons. The van der Waals surface area contributed by atoms with Gasteiger partial charge in [0.05, 0.1) is 30.1 Å². The SMILES string of the molecule is COC(=O)C1=C(CN2CCC(=NO)CC2)NC(c2ccccn2)NC1c1ccc(F)cc1Cl. The number of pyridine rings is 1. The Morgan fingerprint density at radius 2 is 2.12 bits per heavy atom. The van der Waals surface area contributed by atoms with E-state index in [0.717, 1.165) is 11.4 Å². The minimum absolute atomic E-state index is 0.205. The lowest BCUT2D eigenvalue weighted by Gasteiger charge is -2.38.